The molecule has 0 aliphatic carbocycles. The zero-order valence-corrected chi connectivity index (χ0v) is 52.8. The van der Waals surface area contributed by atoms with Gasteiger partial charge in [0.1, 0.15) is 0 Å². The number of fused-ring (bicyclic) bond motifs is 8. The molecule has 7 heteroatoms. The maximum absolute atomic E-state index is 3.04. The predicted octanol–water partition coefficient (Wildman–Crippen LogP) is 16.8. The minimum atomic E-state index is -3.04. The van der Waals surface area contributed by atoms with E-state index >= 15 is 0 Å². The maximum atomic E-state index is 2.65. The number of hydrogen-bond donors (Lipinski definition) is 0. The molecule has 14 aromatic rings. The summed E-state index contributed by atoms with van der Waals surface area (Å²) in [4.78, 5) is 10.4. The summed E-state index contributed by atoms with van der Waals surface area (Å²) in [7, 11) is -5.94. The highest BCUT2D eigenvalue weighted by Crippen LogP contribution is 2.50. The molecule has 0 amide bonds. The van der Waals surface area contributed by atoms with Crippen LogP contribution in [0.1, 0.15) is 32.0 Å². The van der Waals surface area contributed by atoms with Crippen molar-refractivity contribution >= 4 is 157 Å². The summed E-state index contributed by atoms with van der Waals surface area (Å²) in [5.41, 5.74) is 14.8. The van der Waals surface area contributed by atoms with Gasteiger partial charge in [0, 0.05) is 84.9 Å². The standard InChI is InChI=1S/C78H60N2S3Si2/c1-49-23-33-57(34-24-49)84(58-35-25-50(2)26-36-58)75-20-12-8-16-67(75)79(68-17-9-13-21-76(68)84)55-43-62-63(64(45-55)72-41-31-53(5)81-72)44-56(46-65(62)73-42-32-54(6)82-73)80-69-18-10-14-22-77(69)85(59-37-27-51(3)28-38-59,60-39-29-52(4)30-40-60)78-47-66-61-15-7-11-19-71(61)83-74(66)48-70(78)80/h7-48H,1-6H3. The monoisotopic (exact) mass is 1180 g/mol. The van der Waals surface area contributed by atoms with Crippen molar-refractivity contribution in [2.75, 3.05) is 9.80 Å². The van der Waals surface area contributed by atoms with E-state index in [9.17, 15) is 0 Å². The van der Waals surface area contributed by atoms with Crippen molar-refractivity contribution in [3.05, 3.63) is 287 Å². The molecule has 0 bridgehead atoms. The summed E-state index contributed by atoms with van der Waals surface area (Å²) < 4.78 is 2.61. The molecule has 0 atom stereocenters. The summed E-state index contributed by atoms with van der Waals surface area (Å²) in [5.74, 6) is 0. The van der Waals surface area contributed by atoms with Crippen molar-refractivity contribution in [1.82, 2.24) is 0 Å². The molecule has 11 aromatic carbocycles. The minimum absolute atomic E-state index is 1.15. The first kappa shape index (κ1) is 51.9. The molecule has 0 N–H and O–H groups in total. The van der Waals surface area contributed by atoms with Crippen LogP contribution in [0, 0.1) is 41.5 Å². The Morgan fingerprint density at radius 2 is 0.647 bits per heavy atom. The van der Waals surface area contributed by atoms with Gasteiger partial charge in [-0.25, -0.2) is 0 Å². The Morgan fingerprint density at radius 3 is 1.06 bits per heavy atom. The van der Waals surface area contributed by atoms with Crippen molar-refractivity contribution in [3.63, 3.8) is 0 Å². The van der Waals surface area contributed by atoms with E-state index in [0.29, 0.717) is 0 Å². The first-order chi connectivity index (χ1) is 41.6. The average Bonchev–Trinajstić information content (AvgIpc) is 1.90. The molecule has 0 saturated carbocycles. The third-order valence-electron chi connectivity index (χ3n) is 18.3. The van der Waals surface area contributed by atoms with Gasteiger partial charge in [0.2, 0.25) is 0 Å². The van der Waals surface area contributed by atoms with Crippen LogP contribution in [-0.4, -0.2) is 16.1 Å². The lowest BCUT2D eigenvalue weighted by atomic mass is 9.95. The number of nitrogens with zero attached hydrogens (tertiary/aromatic N) is 2. The number of benzene rings is 11. The molecule has 2 aliphatic heterocycles. The van der Waals surface area contributed by atoms with Gasteiger partial charge in [-0.15, -0.1) is 34.0 Å². The average molecular weight is 1180 g/mol. The van der Waals surface area contributed by atoms with Crippen LogP contribution in [0.15, 0.2) is 255 Å². The van der Waals surface area contributed by atoms with Crippen LogP contribution in [0.2, 0.25) is 0 Å². The highest BCUT2D eigenvalue weighted by atomic mass is 32.1. The molecule has 5 heterocycles. The van der Waals surface area contributed by atoms with E-state index in [4.69, 9.17) is 0 Å². The van der Waals surface area contributed by atoms with E-state index in [2.05, 4.69) is 306 Å². The Bertz CT molecular complexity index is 4830. The molecule has 0 spiro atoms. The Morgan fingerprint density at radius 1 is 0.271 bits per heavy atom. The zero-order chi connectivity index (χ0) is 57.3. The lowest BCUT2D eigenvalue weighted by molar-refractivity contribution is 1.29. The predicted molar refractivity (Wildman–Crippen MR) is 376 cm³/mol. The molecule has 2 aliphatic rings. The molecule has 0 radical (unpaired) electrons. The second-order valence-electron chi connectivity index (χ2n) is 23.6. The molecular weight excluding hydrogens is 1120 g/mol. The molecule has 2 nitrogen and oxygen atoms in total. The molecule has 16 rings (SSSR count). The highest BCUT2D eigenvalue weighted by Gasteiger charge is 2.51. The van der Waals surface area contributed by atoms with E-state index < -0.39 is 16.1 Å². The van der Waals surface area contributed by atoms with Crippen molar-refractivity contribution in [2.24, 2.45) is 0 Å². The van der Waals surface area contributed by atoms with Crippen LogP contribution in [0.3, 0.4) is 0 Å². The van der Waals surface area contributed by atoms with Crippen LogP contribution in [0.4, 0.5) is 34.1 Å². The molecule has 408 valence electrons. The molecule has 3 aromatic heterocycles. The third-order valence-corrected chi connectivity index (χ3v) is 31.2. The van der Waals surface area contributed by atoms with Crippen LogP contribution < -0.4 is 51.3 Å². The van der Waals surface area contributed by atoms with Gasteiger partial charge in [0.25, 0.3) is 0 Å². The SMILES string of the molecule is Cc1ccc([Si]2(c3ccc(C)cc3)c3ccccc3N(c3cc(-c4ccc(C)s4)c4cc(N5c6ccccc6[Si](c6ccc(C)cc6)(c6ccc(C)cc6)c6cc7c(cc65)sc5ccccc57)cc(-c5ccc(C)s5)c4c3)c3ccccc32)cc1. The smallest absolute Gasteiger partial charge is 0.184 e. The first-order valence-corrected chi connectivity index (χ1v) is 35.9. The van der Waals surface area contributed by atoms with E-state index in [-0.39, 0.29) is 0 Å². The molecule has 0 saturated heterocycles. The van der Waals surface area contributed by atoms with Crippen molar-refractivity contribution in [1.29, 1.82) is 0 Å². The topological polar surface area (TPSA) is 6.48 Å². The number of thiophene rings is 3. The van der Waals surface area contributed by atoms with Crippen molar-refractivity contribution in [2.45, 2.75) is 41.5 Å². The summed E-state index contributed by atoms with van der Waals surface area (Å²) >= 11 is 5.69. The Balaban J connectivity index is 0.996. The first-order valence-electron chi connectivity index (χ1n) is 29.4. The van der Waals surface area contributed by atoms with Gasteiger partial charge in [-0.3, -0.25) is 0 Å². The van der Waals surface area contributed by atoms with Crippen molar-refractivity contribution < 1.29 is 0 Å². The van der Waals surface area contributed by atoms with Gasteiger partial charge in [-0.1, -0.05) is 198 Å². The number of rotatable bonds is 8. The van der Waals surface area contributed by atoms with E-state index in [1.165, 1.54) is 148 Å². The zero-order valence-electron chi connectivity index (χ0n) is 48.4. The lowest BCUT2D eigenvalue weighted by Crippen LogP contribution is -2.77. The summed E-state index contributed by atoms with van der Waals surface area (Å²) in [6.45, 7) is 13.3. The van der Waals surface area contributed by atoms with Gasteiger partial charge >= 0.3 is 0 Å². The second kappa shape index (κ2) is 20.0. The lowest BCUT2D eigenvalue weighted by Gasteiger charge is -2.45. The fraction of sp³-hybridized carbons (Fsp3) is 0.0769. The molecule has 0 unspecified atom stereocenters. The van der Waals surface area contributed by atoms with E-state index in [1.807, 2.05) is 34.0 Å². The normalized spacial score (nSPS) is 13.9. The Kier molecular flexibility index (Phi) is 12.2. The van der Waals surface area contributed by atoms with Crippen LogP contribution in [-0.2, 0) is 0 Å². The molecular formula is C78H60N2S3Si2. The second-order valence-corrected chi connectivity index (χ2v) is 34.7. The molecule has 85 heavy (non-hydrogen) atoms. The fourth-order valence-corrected chi connectivity index (χ4v) is 27.4. The maximum Gasteiger partial charge on any atom is 0.184 e. The van der Waals surface area contributed by atoms with Crippen LogP contribution >= 0.6 is 34.0 Å². The van der Waals surface area contributed by atoms with Gasteiger partial charge < -0.3 is 9.80 Å². The number of aryl methyl sites for hydroxylation is 6. The molecule has 0 fully saturated rings. The number of anilines is 6. The summed E-state index contributed by atoms with van der Waals surface area (Å²) in [6, 6.07) is 99.8. The minimum Gasteiger partial charge on any atom is -0.311 e. The third kappa shape index (κ3) is 7.98. The quantitative estimate of drug-likeness (QED) is 0.140. The van der Waals surface area contributed by atoms with E-state index in [1.54, 1.807) is 0 Å². The van der Waals surface area contributed by atoms with Gasteiger partial charge in [-0.2, -0.15) is 0 Å². The van der Waals surface area contributed by atoms with Gasteiger partial charge in [0.15, 0.2) is 16.1 Å². The summed E-state index contributed by atoms with van der Waals surface area (Å²) in [6.07, 6.45) is 0. The van der Waals surface area contributed by atoms with Crippen molar-refractivity contribution in [3.8, 4) is 20.9 Å². The number of para-hydroxylation sites is 3. The van der Waals surface area contributed by atoms with Crippen LogP contribution in [0.5, 0.6) is 0 Å². The van der Waals surface area contributed by atoms with E-state index in [0.717, 1.165) is 11.4 Å². The van der Waals surface area contributed by atoms with Crippen LogP contribution in [0.25, 0.3) is 51.8 Å². The highest BCUT2D eigenvalue weighted by molar-refractivity contribution is 7.26. The largest absolute Gasteiger partial charge is 0.311 e. The Labute approximate surface area is 511 Å². The number of hydrogen-bond acceptors (Lipinski definition) is 5. The summed E-state index contributed by atoms with van der Waals surface area (Å²) in [5, 5.41) is 16.3. The Hall–Kier alpha value is -8.67. The fourth-order valence-electron chi connectivity index (χ4n) is 14.4. The van der Waals surface area contributed by atoms with Gasteiger partial charge in [-0.05, 0) is 173 Å². The van der Waals surface area contributed by atoms with Gasteiger partial charge in [0.05, 0.1) is 0 Å².